The van der Waals surface area contributed by atoms with E-state index in [1.165, 1.54) is 7.11 Å². The topological polar surface area (TPSA) is 122 Å². The Balaban J connectivity index is 2.07. The number of ether oxygens (including phenoxy) is 1. The molecule has 0 aromatic heterocycles. The number of methoxy groups -OCH3 is 1. The summed E-state index contributed by atoms with van der Waals surface area (Å²) in [5.74, 6) is -1.17. The minimum atomic E-state index is -3.69. The average molecular weight is 380 g/mol. The van der Waals surface area contributed by atoms with Gasteiger partial charge in [0.05, 0.1) is 13.4 Å². The van der Waals surface area contributed by atoms with E-state index in [1.807, 2.05) is 29.0 Å². The fourth-order valence-corrected chi connectivity index (χ4v) is 3.24. The quantitative estimate of drug-likeness (QED) is 0.639. The molecule has 0 radical (unpaired) electrons. The van der Waals surface area contributed by atoms with Gasteiger partial charge in [0.2, 0.25) is 15.9 Å². The van der Waals surface area contributed by atoms with E-state index in [0.29, 0.717) is 11.4 Å². The number of carbonyl (C=O) groups is 2. The monoisotopic (exact) mass is 380 g/mol. The predicted octanol–water partition coefficient (Wildman–Crippen LogP) is 1.57. The van der Waals surface area contributed by atoms with Crippen molar-refractivity contribution in [2.24, 2.45) is 0 Å². The number of hydrogen-bond acceptors (Lipinski definition) is 5. The molecule has 8 nitrogen and oxygen atoms in total. The number of carboxylic acid groups (broad SMARTS) is 1. The van der Waals surface area contributed by atoms with E-state index in [2.05, 4.69) is 5.32 Å². The van der Waals surface area contributed by atoms with Crippen LogP contribution in [-0.4, -0.2) is 44.8 Å². The molecule has 0 spiro atoms. The Hall–Kier alpha value is -2.65. The summed E-state index contributed by atoms with van der Waals surface area (Å²) < 4.78 is 29.7. The summed E-state index contributed by atoms with van der Waals surface area (Å²) in [4.78, 5) is 23.2. The smallest absolute Gasteiger partial charge is 0.321 e. The summed E-state index contributed by atoms with van der Waals surface area (Å²) in [7, 11) is -2.16. The Bertz CT molecular complexity index is 926. The van der Waals surface area contributed by atoms with Crippen LogP contribution in [0, 0.1) is 0 Å². The molecule has 140 valence electrons. The van der Waals surface area contributed by atoms with Gasteiger partial charge in [-0.2, -0.15) is 0 Å². The lowest BCUT2D eigenvalue weighted by Crippen LogP contribution is -2.40. The standard InChI is InChI=1S/C17H20N2O6S/c1-25-15-10-12(9-11-5-3-4-6-13(11)15)18-16(20)8-7-14(17(21)22)19-26(2,23)24/h3-6,9-10,14,19H,7-8H2,1-2H3,(H,18,20)(H,21,22). The second-order valence-corrected chi connectivity index (χ2v) is 7.55. The molecular weight excluding hydrogens is 360 g/mol. The first kappa shape index (κ1) is 19.7. The number of benzene rings is 2. The molecule has 0 bridgehead atoms. The summed E-state index contributed by atoms with van der Waals surface area (Å²) >= 11 is 0. The van der Waals surface area contributed by atoms with Crippen LogP contribution in [0.15, 0.2) is 36.4 Å². The highest BCUT2D eigenvalue weighted by Gasteiger charge is 2.22. The minimum Gasteiger partial charge on any atom is -0.496 e. The third-order valence-electron chi connectivity index (χ3n) is 3.64. The molecule has 1 amide bonds. The van der Waals surface area contributed by atoms with E-state index in [9.17, 15) is 18.0 Å². The number of aliphatic carboxylic acids is 1. The Morgan fingerprint density at radius 3 is 2.54 bits per heavy atom. The fourth-order valence-electron chi connectivity index (χ4n) is 2.51. The van der Waals surface area contributed by atoms with Gasteiger partial charge < -0.3 is 15.2 Å². The number of sulfonamides is 1. The van der Waals surface area contributed by atoms with Gasteiger partial charge in [-0.3, -0.25) is 9.59 Å². The number of nitrogens with one attached hydrogen (secondary N) is 2. The van der Waals surface area contributed by atoms with Crippen LogP contribution in [0.25, 0.3) is 10.8 Å². The molecule has 0 fully saturated rings. The Labute approximate surface area is 151 Å². The van der Waals surface area contributed by atoms with Crippen molar-refractivity contribution in [3.63, 3.8) is 0 Å². The summed E-state index contributed by atoms with van der Waals surface area (Å²) in [6.45, 7) is 0. The van der Waals surface area contributed by atoms with Gasteiger partial charge in [0.1, 0.15) is 11.8 Å². The van der Waals surface area contributed by atoms with Crippen molar-refractivity contribution < 1.29 is 27.9 Å². The van der Waals surface area contributed by atoms with E-state index >= 15 is 0 Å². The van der Waals surface area contributed by atoms with E-state index in [1.54, 1.807) is 12.1 Å². The van der Waals surface area contributed by atoms with Crippen LogP contribution < -0.4 is 14.8 Å². The van der Waals surface area contributed by atoms with Crippen LogP contribution >= 0.6 is 0 Å². The summed E-state index contributed by atoms with van der Waals surface area (Å²) in [6.07, 6.45) is 0.540. The van der Waals surface area contributed by atoms with Gasteiger partial charge in [-0.25, -0.2) is 13.1 Å². The molecule has 2 aromatic rings. The highest BCUT2D eigenvalue weighted by atomic mass is 32.2. The zero-order valence-corrected chi connectivity index (χ0v) is 15.2. The predicted molar refractivity (Wildman–Crippen MR) is 97.8 cm³/mol. The number of carboxylic acids is 1. The molecule has 0 aliphatic carbocycles. The van der Waals surface area contributed by atoms with Crippen LogP contribution in [0.5, 0.6) is 5.75 Å². The van der Waals surface area contributed by atoms with Gasteiger partial charge in [0.15, 0.2) is 0 Å². The molecule has 26 heavy (non-hydrogen) atoms. The van der Waals surface area contributed by atoms with Gasteiger partial charge >= 0.3 is 5.97 Å². The number of anilines is 1. The van der Waals surface area contributed by atoms with Crippen molar-refractivity contribution in [3.8, 4) is 5.75 Å². The molecule has 0 saturated heterocycles. The summed E-state index contributed by atoms with van der Waals surface area (Å²) in [5.41, 5.74) is 0.508. The Morgan fingerprint density at radius 2 is 1.92 bits per heavy atom. The summed E-state index contributed by atoms with van der Waals surface area (Å²) in [6, 6.07) is 9.61. The van der Waals surface area contributed by atoms with E-state index in [-0.39, 0.29) is 12.8 Å². The second kappa shape index (κ2) is 8.15. The van der Waals surface area contributed by atoms with Crippen molar-refractivity contribution in [1.29, 1.82) is 0 Å². The zero-order chi connectivity index (χ0) is 19.3. The number of hydrogen-bond donors (Lipinski definition) is 3. The van der Waals surface area contributed by atoms with Crippen LogP contribution in [0.4, 0.5) is 5.69 Å². The number of rotatable bonds is 8. The molecule has 1 atom stereocenters. The fraction of sp³-hybridized carbons (Fsp3) is 0.294. The van der Waals surface area contributed by atoms with E-state index in [4.69, 9.17) is 9.84 Å². The molecule has 2 rings (SSSR count). The van der Waals surface area contributed by atoms with Gasteiger partial charge in [0, 0.05) is 23.6 Å². The maximum absolute atomic E-state index is 12.1. The SMILES string of the molecule is COc1cc(NC(=O)CCC(NS(C)(=O)=O)C(=O)O)cc2ccccc12. The first-order chi connectivity index (χ1) is 12.2. The van der Waals surface area contributed by atoms with Gasteiger partial charge in [-0.1, -0.05) is 24.3 Å². The highest BCUT2D eigenvalue weighted by Crippen LogP contribution is 2.29. The van der Waals surface area contributed by atoms with Crippen LogP contribution in [0.1, 0.15) is 12.8 Å². The first-order valence-corrected chi connectivity index (χ1v) is 9.65. The molecule has 0 aliphatic rings. The molecule has 0 heterocycles. The van der Waals surface area contributed by atoms with Crippen molar-refractivity contribution in [1.82, 2.24) is 4.72 Å². The number of fused-ring (bicyclic) bond motifs is 1. The van der Waals surface area contributed by atoms with Crippen molar-refractivity contribution in [2.45, 2.75) is 18.9 Å². The highest BCUT2D eigenvalue weighted by molar-refractivity contribution is 7.88. The lowest BCUT2D eigenvalue weighted by molar-refractivity contribution is -0.139. The largest absolute Gasteiger partial charge is 0.496 e. The summed E-state index contributed by atoms with van der Waals surface area (Å²) in [5, 5.41) is 13.5. The molecule has 1 unspecified atom stereocenters. The van der Waals surface area contributed by atoms with Crippen molar-refractivity contribution in [3.05, 3.63) is 36.4 Å². The average Bonchev–Trinajstić information content (AvgIpc) is 2.56. The van der Waals surface area contributed by atoms with E-state index < -0.39 is 27.9 Å². The Morgan fingerprint density at radius 1 is 1.23 bits per heavy atom. The maximum Gasteiger partial charge on any atom is 0.321 e. The van der Waals surface area contributed by atoms with Gasteiger partial charge in [-0.15, -0.1) is 0 Å². The first-order valence-electron chi connectivity index (χ1n) is 7.76. The molecule has 9 heteroatoms. The maximum atomic E-state index is 12.1. The van der Waals surface area contributed by atoms with Crippen molar-refractivity contribution in [2.75, 3.05) is 18.7 Å². The molecular formula is C17H20N2O6S. The van der Waals surface area contributed by atoms with Crippen LogP contribution in [0.2, 0.25) is 0 Å². The molecule has 2 aromatic carbocycles. The van der Waals surface area contributed by atoms with Gasteiger partial charge in [0.25, 0.3) is 0 Å². The molecule has 0 aliphatic heterocycles. The second-order valence-electron chi connectivity index (χ2n) is 5.77. The third kappa shape index (κ3) is 5.43. The van der Waals surface area contributed by atoms with Gasteiger partial charge in [-0.05, 0) is 17.9 Å². The Kier molecular flexibility index (Phi) is 6.17. The zero-order valence-electron chi connectivity index (χ0n) is 14.4. The normalized spacial score (nSPS) is 12.5. The van der Waals surface area contributed by atoms with Crippen LogP contribution in [-0.2, 0) is 19.6 Å². The lowest BCUT2D eigenvalue weighted by Gasteiger charge is -2.13. The lowest BCUT2D eigenvalue weighted by atomic mass is 10.1. The van der Waals surface area contributed by atoms with Crippen molar-refractivity contribution >= 4 is 38.4 Å². The molecule has 3 N–H and O–H groups in total. The molecule has 0 saturated carbocycles. The minimum absolute atomic E-state index is 0.158. The van der Waals surface area contributed by atoms with Crippen LogP contribution in [0.3, 0.4) is 0 Å². The van der Waals surface area contributed by atoms with E-state index in [0.717, 1.165) is 17.0 Å². The number of amides is 1. The number of carbonyl (C=O) groups excluding carboxylic acids is 1. The third-order valence-corrected chi connectivity index (χ3v) is 4.35.